The molecule has 4 nitrogen and oxygen atoms in total. The minimum Gasteiger partial charge on any atom is -0.340 e. The molecule has 0 unspecified atom stereocenters. The lowest BCUT2D eigenvalue weighted by Crippen LogP contribution is -2.42. The molecular weight excluding hydrogens is 333 g/mol. The lowest BCUT2D eigenvalue weighted by Gasteiger charge is -2.18. The van der Waals surface area contributed by atoms with Crippen LogP contribution < -0.4 is 10.2 Å². The van der Waals surface area contributed by atoms with Gasteiger partial charge < -0.3 is 10.2 Å². The SMILES string of the molecule is O=C(N[C@@H]1CCN(c2ccccc2)C1=O)c1ccccc1C(F)(F)F. The molecule has 0 bridgehead atoms. The Balaban J connectivity index is 1.76. The van der Waals surface area contributed by atoms with E-state index >= 15 is 0 Å². The quantitative estimate of drug-likeness (QED) is 0.926. The summed E-state index contributed by atoms with van der Waals surface area (Å²) in [4.78, 5) is 26.2. The molecule has 1 fully saturated rings. The molecule has 2 aromatic rings. The highest BCUT2D eigenvalue weighted by atomic mass is 19.4. The van der Waals surface area contributed by atoms with Gasteiger partial charge in [0.2, 0.25) is 5.91 Å². The number of amides is 2. The molecule has 0 radical (unpaired) electrons. The average molecular weight is 348 g/mol. The minimum absolute atomic E-state index is 0.330. The van der Waals surface area contributed by atoms with Gasteiger partial charge in [-0.25, -0.2) is 0 Å². The van der Waals surface area contributed by atoms with Gasteiger partial charge in [-0.3, -0.25) is 9.59 Å². The largest absolute Gasteiger partial charge is 0.417 e. The van der Waals surface area contributed by atoms with Crippen molar-refractivity contribution in [3.63, 3.8) is 0 Å². The van der Waals surface area contributed by atoms with Crippen LogP contribution in [-0.2, 0) is 11.0 Å². The maximum Gasteiger partial charge on any atom is 0.417 e. The van der Waals surface area contributed by atoms with Gasteiger partial charge in [-0.2, -0.15) is 13.2 Å². The molecule has 1 saturated heterocycles. The second-order valence-corrected chi connectivity index (χ2v) is 5.68. The van der Waals surface area contributed by atoms with Crippen LogP contribution in [0.3, 0.4) is 0 Å². The Morgan fingerprint density at radius 1 is 1.04 bits per heavy atom. The van der Waals surface area contributed by atoms with Crippen molar-refractivity contribution >= 4 is 17.5 Å². The van der Waals surface area contributed by atoms with Crippen LogP contribution in [0.4, 0.5) is 18.9 Å². The number of hydrogen-bond donors (Lipinski definition) is 1. The highest BCUT2D eigenvalue weighted by Crippen LogP contribution is 2.32. The molecule has 2 aromatic carbocycles. The number of nitrogens with one attached hydrogen (secondary N) is 1. The van der Waals surface area contributed by atoms with Gasteiger partial charge >= 0.3 is 6.18 Å². The van der Waals surface area contributed by atoms with Gasteiger partial charge in [-0.15, -0.1) is 0 Å². The van der Waals surface area contributed by atoms with E-state index in [1.165, 1.54) is 17.0 Å². The maximum atomic E-state index is 13.0. The number of alkyl halides is 3. The predicted molar refractivity (Wildman–Crippen MR) is 86.1 cm³/mol. The van der Waals surface area contributed by atoms with Crippen LogP contribution in [0.1, 0.15) is 22.3 Å². The zero-order valence-electron chi connectivity index (χ0n) is 13.1. The molecule has 1 atom stereocenters. The van der Waals surface area contributed by atoms with Crippen LogP contribution >= 0.6 is 0 Å². The number of hydrogen-bond acceptors (Lipinski definition) is 2. The van der Waals surface area contributed by atoms with Crippen molar-refractivity contribution in [3.05, 3.63) is 65.7 Å². The van der Waals surface area contributed by atoms with Crippen LogP contribution in [0.5, 0.6) is 0 Å². The van der Waals surface area contributed by atoms with E-state index in [0.29, 0.717) is 18.7 Å². The van der Waals surface area contributed by atoms with Crippen molar-refractivity contribution in [1.29, 1.82) is 0 Å². The second kappa shape index (κ2) is 6.58. The molecule has 0 saturated carbocycles. The number of halogens is 3. The highest BCUT2D eigenvalue weighted by Gasteiger charge is 2.37. The van der Waals surface area contributed by atoms with Crippen LogP contribution in [0.2, 0.25) is 0 Å². The summed E-state index contributed by atoms with van der Waals surface area (Å²) in [5.41, 5.74) is -0.807. The lowest BCUT2D eigenvalue weighted by molar-refractivity contribution is -0.137. The minimum atomic E-state index is -4.64. The third-order valence-electron chi connectivity index (χ3n) is 4.06. The third-order valence-corrected chi connectivity index (χ3v) is 4.06. The lowest BCUT2D eigenvalue weighted by atomic mass is 10.1. The van der Waals surface area contributed by atoms with Gasteiger partial charge in [-0.05, 0) is 30.7 Å². The number of rotatable bonds is 3. The fourth-order valence-corrected chi connectivity index (χ4v) is 2.84. The Bertz CT molecular complexity index is 790. The summed E-state index contributed by atoms with van der Waals surface area (Å²) in [7, 11) is 0. The van der Waals surface area contributed by atoms with Gasteiger partial charge in [0, 0.05) is 12.2 Å². The number of nitrogens with zero attached hydrogens (tertiary/aromatic N) is 1. The van der Waals surface area contributed by atoms with Crippen molar-refractivity contribution in [2.75, 3.05) is 11.4 Å². The van der Waals surface area contributed by atoms with Crippen molar-refractivity contribution in [3.8, 4) is 0 Å². The standard InChI is InChI=1S/C18H15F3N2O2/c19-18(20,21)14-9-5-4-8-13(14)16(24)22-15-10-11-23(17(15)25)12-6-2-1-3-7-12/h1-9,15H,10-11H2,(H,22,24)/t15-/m1/s1. The first-order chi connectivity index (χ1) is 11.9. The number of carbonyl (C=O) groups is 2. The van der Waals surface area contributed by atoms with Gasteiger partial charge in [0.15, 0.2) is 0 Å². The maximum absolute atomic E-state index is 13.0. The van der Waals surface area contributed by atoms with E-state index < -0.39 is 29.3 Å². The van der Waals surface area contributed by atoms with E-state index in [9.17, 15) is 22.8 Å². The zero-order chi connectivity index (χ0) is 18.0. The molecule has 1 heterocycles. The third kappa shape index (κ3) is 3.50. The number of para-hydroxylation sites is 1. The monoisotopic (exact) mass is 348 g/mol. The molecule has 3 rings (SSSR count). The summed E-state index contributed by atoms with van der Waals surface area (Å²) >= 11 is 0. The van der Waals surface area contributed by atoms with E-state index in [4.69, 9.17) is 0 Å². The fourth-order valence-electron chi connectivity index (χ4n) is 2.84. The van der Waals surface area contributed by atoms with E-state index in [-0.39, 0.29) is 5.91 Å². The molecule has 0 spiro atoms. The number of benzene rings is 2. The molecule has 1 aliphatic heterocycles. The average Bonchev–Trinajstić information content (AvgIpc) is 2.95. The molecule has 0 aromatic heterocycles. The topological polar surface area (TPSA) is 49.4 Å². The number of anilines is 1. The Morgan fingerprint density at radius 3 is 2.36 bits per heavy atom. The summed E-state index contributed by atoms with van der Waals surface area (Å²) < 4.78 is 39.1. The van der Waals surface area contributed by atoms with Crippen molar-refractivity contribution in [1.82, 2.24) is 5.32 Å². The van der Waals surface area contributed by atoms with E-state index in [1.807, 2.05) is 6.07 Å². The first-order valence-electron chi connectivity index (χ1n) is 7.71. The van der Waals surface area contributed by atoms with E-state index in [1.54, 1.807) is 24.3 Å². The Hall–Kier alpha value is -2.83. The summed E-state index contributed by atoms with van der Waals surface area (Å²) in [5.74, 6) is -1.23. The summed E-state index contributed by atoms with van der Waals surface area (Å²) in [6, 6.07) is 12.6. The summed E-state index contributed by atoms with van der Waals surface area (Å²) in [6.07, 6.45) is -4.29. The summed E-state index contributed by atoms with van der Waals surface area (Å²) in [6.45, 7) is 0.398. The van der Waals surface area contributed by atoms with Crippen molar-refractivity contribution in [2.45, 2.75) is 18.6 Å². The fraction of sp³-hybridized carbons (Fsp3) is 0.222. The molecule has 130 valence electrons. The van der Waals surface area contributed by atoms with Crippen LogP contribution in [0.15, 0.2) is 54.6 Å². The van der Waals surface area contributed by atoms with Crippen molar-refractivity contribution in [2.24, 2.45) is 0 Å². The molecular formula is C18H15F3N2O2. The van der Waals surface area contributed by atoms with Crippen LogP contribution in [-0.4, -0.2) is 24.4 Å². The first kappa shape index (κ1) is 17.0. The predicted octanol–water partition coefficient (Wildman–Crippen LogP) is 3.24. The van der Waals surface area contributed by atoms with Gasteiger partial charge in [0.05, 0.1) is 11.1 Å². The van der Waals surface area contributed by atoms with Crippen LogP contribution in [0, 0.1) is 0 Å². The molecule has 1 N–H and O–H groups in total. The van der Waals surface area contributed by atoms with E-state index in [2.05, 4.69) is 5.32 Å². The smallest absolute Gasteiger partial charge is 0.340 e. The first-order valence-corrected chi connectivity index (χ1v) is 7.71. The Labute approximate surface area is 142 Å². The van der Waals surface area contributed by atoms with Gasteiger partial charge in [0.1, 0.15) is 6.04 Å². The Kier molecular flexibility index (Phi) is 4.48. The molecule has 25 heavy (non-hydrogen) atoms. The zero-order valence-corrected chi connectivity index (χ0v) is 13.1. The van der Waals surface area contributed by atoms with Gasteiger partial charge in [-0.1, -0.05) is 30.3 Å². The van der Waals surface area contributed by atoms with E-state index in [0.717, 1.165) is 12.1 Å². The van der Waals surface area contributed by atoms with Gasteiger partial charge in [0.25, 0.3) is 5.91 Å². The highest BCUT2D eigenvalue weighted by molar-refractivity contribution is 6.04. The molecule has 0 aliphatic carbocycles. The Morgan fingerprint density at radius 2 is 1.68 bits per heavy atom. The van der Waals surface area contributed by atoms with Crippen LogP contribution in [0.25, 0.3) is 0 Å². The van der Waals surface area contributed by atoms with Crippen molar-refractivity contribution < 1.29 is 22.8 Å². The normalized spacial score (nSPS) is 17.6. The second-order valence-electron chi connectivity index (χ2n) is 5.68. The molecule has 7 heteroatoms. The molecule has 1 aliphatic rings. The number of carbonyl (C=O) groups excluding carboxylic acids is 2. The summed E-state index contributed by atoms with van der Waals surface area (Å²) in [5, 5.41) is 2.43. The molecule has 2 amide bonds.